The first-order valence-electron chi connectivity index (χ1n) is 5.72. The number of aliphatic hydroxyl groups is 1. The van der Waals surface area contributed by atoms with E-state index in [1.807, 2.05) is 0 Å². The first-order valence-corrected chi connectivity index (χ1v) is 5.72. The third-order valence-electron chi connectivity index (χ3n) is 2.99. The SMILES string of the molecule is CC(=O)O.CC1CCC(C(C)C)C(O)C1. The lowest BCUT2D eigenvalue weighted by molar-refractivity contribution is -0.134. The van der Waals surface area contributed by atoms with Crippen LogP contribution in [0, 0.1) is 17.8 Å². The molecule has 3 heteroatoms. The lowest BCUT2D eigenvalue weighted by Gasteiger charge is -2.33. The van der Waals surface area contributed by atoms with Crippen LogP contribution in [0.1, 0.15) is 47.0 Å². The van der Waals surface area contributed by atoms with Gasteiger partial charge in [0.15, 0.2) is 0 Å². The Kier molecular flexibility index (Phi) is 6.57. The quantitative estimate of drug-likeness (QED) is 0.708. The summed E-state index contributed by atoms with van der Waals surface area (Å²) in [6.07, 6.45) is 3.52. The molecule has 3 unspecified atom stereocenters. The maximum Gasteiger partial charge on any atom is 0.300 e. The van der Waals surface area contributed by atoms with Crippen LogP contribution in [0.25, 0.3) is 0 Å². The van der Waals surface area contributed by atoms with Crippen molar-refractivity contribution in [1.82, 2.24) is 0 Å². The number of hydrogen-bond acceptors (Lipinski definition) is 2. The van der Waals surface area contributed by atoms with Gasteiger partial charge in [-0.05, 0) is 30.6 Å². The maximum absolute atomic E-state index is 9.71. The Bertz CT molecular complexity index is 185. The van der Waals surface area contributed by atoms with Gasteiger partial charge >= 0.3 is 0 Å². The van der Waals surface area contributed by atoms with Crippen LogP contribution >= 0.6 is 0 Å². The highest BCUT2D eigenvalue weighted by molar-refractivity contribution is 5.62. The Morgan fingerprint density at radius 3 is 2.13 bits per heavy atom. The normalized spacial score (nSPS) is 30.7. The molecule has 1 rings (SSSR count). The van der Waals surface area contributed by atoms with Crippen molar-refractivity contribution in [3.05, 3.63) is 0 Å². The molecule has 3 nitrogen and oxygen atoms in total. The van der Waals surface area contributed by atoms with E-state index in [1.54, 1.807) is 0 Å². The van der Waals surface area contributed by atoms with Crippen LogP contribution in [0.15, 0.2) is 0 Å². The fraction of sp³-hybridized carbons (Fsp3) is 0.917. The first kappa shape index (κ1) is 14.4. The van der Waals surface area contributed by atoms with E-state index in [0.717, 1.165) is 19.3 Å². The number of carboxylic acids is 1. The van der Waals surface area contributed by atoms with E-state index in [9.17, 15) is 5.11 Å². The Hall–Kier alpha value is -0.570. The average molecular weight is 216 g/mol. The molecule has 0 bridgehead atoms. The molecule has 0 aromatic rings. The van der Waals surface area contributed by atoms with Gasteiger partial charge in [-0.25, -0.2) is 0 Å². The largest absolute Gasteiger partial charge is 0.481 e. The lowest BCUT2D eigenvalue weighted by Crippen LogP contribution is -2.31. The fourth-order valence-corrected chi connectivity index (χ4v) is 2.15. The van der Waals surface area contributed by atoms with Gasteiger partial charge in [-0.3, -0.25) is 4.79 Å². The molecule has 0 aliphatic heterocycles. The van der Waals surface area contributed by atoms with E-state index in [0.29, 0.717) is 11.8 Å². The highest BCUT2D eigenvalue weighted by atomic mass is 16.4. The highest BCUT2D eigenvalue weighted by Crippen LogP contribution is 2.33. The van der Waals surface area contributed by atoms with Crippen LogP contribution in [-0.2, 0) is 4.79 Å². The van der Waals surface area contributed by atoms with Crippen LogP contribution in [0.4, 0.5) is 0 Å². The Morgan fingerprint density at radius 1 is 1.33 bits per heavy atom. The zero-order valence-electron chi connectivity index (χ0n) is 10.2. The minimum Gasteiger partial charge on any atom is -0.481 e. The zero-order chi connectivity index (χ0) is 12.0. The molecule has 1 aliphatic carbocycles. The predicted octanol–water partition coefficient (Wildman–Crippen LogP) is 2.53. The van der Waals surface area contributed by atoms with Crippen molar-refractivity contribution in [2.45, 2.75) is 53.1 Å². The molecule has 15 heavy (non-hydrogen) atoms. The number of hydrogen-bond donors (Lipinski definition) is 2. The summed E-state index contributed by atoms with van der Waals surface area (Å²) in [5, 5.41) is 17.1. The summed E-state index contributed by atoms with van der Waals surface area (Å²) in [5.74, 6) is 1.11. The second-order valence-electron chi connectivity index (χ2n) is 4.91. The number of carboxylic acid groups (broad SMARTS) is 1. The summed E-state index contributed by atoms with van der Waals surface area (Å²) >= 11 is 0. The molecule has 1 saturated carbocycles. The molecule has 0 spiro atoms. The molecule has 1 aliphatic rings. The molecule has 3 atom stereocenters. The lowest BCUT2D eigenvalue weighted by atomic mass is 9.75. The smallest absolute Gasteiger partial charge is 0.300 e. The van der Waals surface area contributed by atoms with Crippen molar-refractivity contribution in [2.24, 2.45) is 17.8 Å². The monoisotopic (exact) mass is 216 g/mol. The Balaban J connectivity index is 0.000000423. The molecule has 0 saturated heterocycles. The summed E-state index contributed by atoms with van der Waals surface area (Å²) in [6.45, 7) is 7.74. The molecule has 90 valence electrons. The van der Waals surface area contributed by atoms with Crippen molar-refractivity contribution in [1.29, 1.82) is 0 Å². The minimum atomic E-state index is -0.833. The molecular weight excluding hydrogens is 192 g/mol. The predicted molar refractivity (Wildman–Crippen MR) is 60.7 cm³/mol. The Morgan fingerprint density at radius 2 is 1.80 bits per heavy atom. The van der Waals surface area contributed by atoms with Crippen molar-refractivity contribution in [2.75, 3.05) is 0 Å². The van der Waals surface area contributed by atoms with Gasteiger partial charge in [0.2, 0.25) is 0 Å². The van der Waals surface area contributed by atoms with E-state index >= 15 is 0 Å². The van der Waals surface area contributed by atoms with Gasteiger partial charge in [-0.1, -0.05) is 27.2 Å². The molecule has 0 aromatic heterocycles. The van der Waals surface area contributed by atoms with Gasteiger partial charge in [0.25, 0.3) is 5.97 Å². The Labute approximate surface area is 92.5 Å². The number of aliphatic hydroxyl groups excluding tert-OH is 1. The van der Waals surface area contributed by atoms with Gasteiger partial charge in [-0.15, -0.1) is 0 Å². The summed E-state index contributed by atoms with van der Waals surface area (Å²) < 4.78 is 0. The second kappa shape index (κ2) is 6.83. The summed E-state index contributed by atoms with van der Waals surface area (Å²) in [4.78, 5) is 9.00. The minimum absolute atomic E-state index is 0.0289. The zero-order valence-corrected chi connectivity index (χ0v) is 10.2. The molecule has 2 N–H and O–H groups in total. The van der Waals surface area contributed by atoms with Gasteiger partial charge in [0.05, 0.1) is 6.10 Å². The van der Waals surface area contributed by atoms with Crippen LogP contribution < -0.4 is 0 Å². The highest BCUT2D eigenvalue weighted by Gasteiger charge is 2.28. The number of rotatable bonds is 1. The van der Waals surface area contributed by atoms with E-state index in [1.165, 1.54) is 12.8 Å². The molecule has 0 aromatic carbocycles. The van der Waals surface area contributed by atoms with Crippen LogP contribution in [0.5, 0.6) is 0 Å². The first-order chi connectivity index (χ1) is 6.84. The average Bonchev–Trinajstić information content (AvgIpc) is 2.01. The van der Waals surface area contributed by atoms with Crippen molar-refractivity contribution in [3.8, 4) is 0 Å². The second-order valence-corrected chi connectivity index (χ2v) is 4.91. The third kappa shape index (κ3) is 6.50. The van der Waals surface area contributed by atoms with Crippen LogP contribution in [0.3, 0.4) is 0 Å². The van der Waals surface area contributed by atoms with Gasteiger partial charge in [0, 0.05) is 6.92 Å². The van der Waals surface area contributed by atoms with Gasteiger partial charge < -0.3 is 10.2 Å². The van der Waals surface area contributed by atoms with Gasteiger partial charge in [-0.2, -0.15) is 0 Å². The van der Waals surface area contributed by atoms with Crippen molar-refractivity contribution >= 4 is 5.97 Å². The number of aliphatic carboxylic acids is 1. The van der Waals surface area contributed by atoms with Gasteiger partial charge in [0.1, 0.15) is 0 Å². The van der Waals surface area contributed by atoms with E-state index in [-0.39, 0.29) is 6.10 Å². The third-order valence-corrected chi connectivity index (χ3v) is 2.99. The van der Waals surface area contributed by atoms with E-state index in [4.69, 9.17) is 9.90 Å². The van der Waals surface area contributed by atoms with E-state index in [2.05, 4.69) is 20.8 Å². The topological polar surface area (TPSA) is 57.5 Å². The maximum atomic E-state index is 9.71. The summed E-state index contributed by atoms with van der Waals surface area (Å²) in [7, 11) is 0. The molecule has 1 fully saturated rings. The fourth-order valence-electron chi connectivity index (χ4n) is 2.15. The molecule has 0 radical (unpaired) electrons. The van der Waals surface area contributed by atoms with Crippen molar-refractivity contribution in [3.63, 3.8) is 0 Å². The summed E-state index contributed by atoms with van der Waals surface area (Å²) in [5.41, 5.74) is 0. The number of carbonyl (C=O) groups is 1. The van der Waals surface area contributed by atoms with Crippen LogP contribution in [-0.4, -0.2) is 22.3 Å². The molecular formula is C12H24O3. The molecule has 0 amide bonds. The van der Waals surface area contributed by atoms with E-state index < -0.39 is 5.97 Å². The van der Waals surface area contributed by atoms with Crippen LogP contribution in [0.2, 0.25) is 0 Å². The summed E-state index contributed by atoms with van der Waals surface area (Å²) in [6, 6.07) is 0. The molecule has 0 heterocycles. The van der Waals surface area contributed by atoms with Crippen molar-refractivity contribution < 1.29 is 15.0 Å². The standard InChI is InChI=1S/C10H20O.C2H4O2/c1-7(2)9-5-4-8(3)6-10(9)11;1-2(3)4/h7-11H,4-6H2,1-3H3;1H3,(H,3,4).